The van der Waals surface area contributed by atoms with Crippen molar-refractivity contribution in [1.82, 2.24) is 4.67 Å². The summed E-state index contributed by atoms with van der Waals surface area (Å²) >= 11 is 0. The number of rotatable bonds is 0. The van der Waals surface area contributed by atoms with Crippen LogP contribution in [-0.2, 0) is 0 Å². The van der Waals surface area contributed by atoms with Crippen molar-refractivity contribution in [1.29, 1.82) is 0 Å². The molecule has 1 rings (SSSR count). The van der Waals surface area contributed by atoms with E-state index in [0.717, 1.165) is 12.1 Å². The van der Waals surface area contributed by atoms with Gasteiger partial charge in [0, 0.05) is 12.5 Å². The predicted octanol–water partition coefficient (Wildman–Crippen LogP) is 0.935. The summed E-state index contributed by atoms with van der Waals surface area (Å²) in [6.45, 7) is 4.12. The van der Waals surface area contributed by atoms with E-state index in [1.165, 1.54) is 5.57 Å². The van der Waals surface area contributed by atoms with Crippen molar-refractivity contribution in [3.63, 3.8) is 0 Å². The average molecular weight is 108 g/mol. The first-order valence-corrected chi connectivity index (χ1v) is 2.84. The number of nitrogens with zero attached hydrogens (tertiary/aromatic N) is 1. The van der Waals surface area contributed by atoms with Crippen molar-refractivity contribution in [2.75, 3.05) is 0 Å². The lowest BCUT2D eigenvalue weighted by Crippen LogP contribution is -2.02. The van der Waals surface area contributed by atoms with Gasteiger partial charge in [0.05, 0.1) is 6.42 Å². The first-order chi connectivity index (χ1) is 3.80. The molecular formula is C7H10N+. The number of hydrogen-bond acceptors (Lipinski definition) is 0. The van der Waals surface area contributed by atoms with Gasteiger partial charge in [-0.05, 0) is 6.92 Å². The molecule has 0 aromatic heterocycles. The number of hydrogen-bond donors (Lipinski definition) is 0. The van der Waals surface area contributed by atoms with E-state index in [-0.39, 0.29) is 0 Å². The highest BCUT2D eigenvalue weighted by Crippen LogP contribution is 1.96. The van der Waals surface area contributed by atoms with E-state index in [4.69, 9.17) is 0 Å². The quantitative estimate of drug-likeness (QED) is 0.410. The summed E-state index contributed by atoms with van der Waals surface area (Å²) in [6.07, 6.45) is 5.12. The molecule has 0 aromatic carbocycles. The topological polar surface area (TPSA) is 14.1 Å². The minimum atomic E-state index is 1.00. The Labute approximate surface area is 49.5 Å². The predicted molar refractivity (Wildman–Crippen MR) is 37.3 cm³/mol. The highest BCUT2D eigenvalue weighted by molar-refractivity contribution is 5.99. The molecule has 1 heterocycles. The van der Waals surface area contributed by atoms with Gasteiger partial charge in [0.1, 0.15) is 0 Å². The Morgan fingerprint density at radius 2 is 2.25 bits per heavy atom. The summed E-state index contributed by atoms with van der Waals surface area (Å²) in [5.41, 5.74) is 2.46. The zero-order valence-corrected chi connectivity index (χ0v) is 5.31. The van der Waals surface area contributed by atoms with Crippen LogP contribution in [0, 0.1) is 0 Å². The van der Waals surface area contributed by atoms with Gasteiger partial charge in [-0.25, -0.2) is 0 Å². The molecule has 42 valence electrons. The summed E-state index contributed by atoms with van der Waals surface area (Å²) in [6, 6.07) is 0. The lowest BCUT2D eigenvalue weighted by molar-refractivity contribution is 1.35. The SMILES string of the molecule is CC1=CCC=[N+]=C1C. The first-order valence-electron chi connectivity index (χ1n) is 2.84. The molecule has 1 nitrogen and oxygen atoms in total. The second-order valence-electron chi connectivity index (χ2n) is 2.02. The van der Waals surface area contributed by atoms with Crippen molar-refractivity contribution in [2.45, 2.75) is 20.3 Å². The van der Waals surface area contributed by atoms with Crippen LogP contribution in [0.25, 0.3) is 0 Å². The third-order valence-electron chi connectivity index (χ3n) is 1.39. The molecule has 1 aliphatic rings. The van der Waals surface area contributed by atoms with Crippen LogP contribution >= 0.6 is 0 Å². The maximum Gasteiger partial charge on any atom is 0.302 e. The second-order valence-corrected chi connectivity index (χ2v) is 2.02. The average Bonchev–Trinajstić information content (AvgIpc) is 1.77. The molecule has 8 heavy (non-hydrogen) atoms. The molecule has 0 atom stereocenters. The zero-order valence-electron chi connectivity index (χ0n) is 5.31. The normalized spacial score (nSPS) is 17.8. The lowest BCUT2D eigenvalue weighted by Gasteiger charge is -1.87. The van der Waals surface area contributed by atoms with Crippen molar-refractivity contribution in [2.24, 2.45) is 0 Å². The van der Waals surface area contributed by atoms with Crippen LogP contribution in [0.15, 0.2) is 11.6 Å². The fraction of sp³-hybridized carbons (Fsp3) is 0.429. The van der Waals surface area contributed by atoms with E-state index < -0.39 is 0 Å². The van der Waals surface area contributed by atoms with E-state index in [9.17, 15) is 0 Å². The molecule has 0 amide bonds. The Kier molecular flexibility index (Phi) is 1.32. The zero-order chi connectivity index (χ0) is 5.98. The third kappa shape index (κ3) is 0.877. The van der Waals surface area contributed by atoms with Crippen molar-refractivity contribution >= 4 is 11.9 Å². The summed E-state index contributed by atoms with van der Waals surface area (Å²) in [5, 5.41) is 0. The Hall–Kier alpha value is -0.810. The van der Waals surface area contributed by atoms with Crippen LogP contribution in [0.5, 0.6) is 0 Å². The first kappa shape index (κ1) is 5.33. The van der Waals surface area contributed by atoms with Crippen LogP contribution in [0.1, 0.15) is 20.3 Å². The smallest absolute Gasteiger partial charge is 0.102 e. The van der Waals surface area contributed by atoms with Crippen LogP contribution in [-0.4, -0.2) is 11.9 Å². The summed E-state index contributed by atoms with van der Waals surface area (Å²) in [5.74, 6) is 0. The van der Waals surface area contributed by atoms with Gasteiger partial charge in [0.15, 0.2) is 0 Å². The minimum absolute atomic E-state index is 1.00. The molecule has 0 aromatic rings. The fourth-order valence-corrected chi connectivity index (χ4v) is 0.669. The van der Waals surface area contributed by atoms with Crippen LogP contribution in [0.4, 0.5) is 0 Å². The second kappa shape index (κ2) is 1.97. The van der Waals surface area contributed by atoms with Gasteiger partial charge in [-0.15, -0.1) is 4.67 Å². The monoisotopic (exact) mass is 108 g/mol. The molecule has 0 aliphatic carbocycles. The maximum absolute atomic E-state index is 4.13. The van der Waals surface area contributed by atoms with E-state index in [1.807, 2.05) is 13.1 Å². The van der Waals surface area contributed by atoms with Gasteiger partial charge in [0.25, 0.3) is 6.21 Å². The highest BCUT2D eigenvalue weighted by atomic mass is 14.6. The molecule has 0 bridgehead atoms. The van der Waals surface area contributed by atoms with Gasteiger partial charge in [-0.2, -0.15) is 0 Å². The molecule has 0 saturated heterocycles. The minimum Gasteiger partial charge on any atom is -0.102 e. The molecule has 0 radical (unpaired) electrons. The molecule has 0 fully saturated rings. The van der Waals surface area contributed by atoms with Gasteiger partial charge in [-0.3, -0.25) is 0 Å². The Balaban J connectivity index is 2.97. The molecule has 0 unspecified atom stereocenters. The Morgan fingerprint density at radius 1 is 1.50 bits per heavy atom. The molecule has 1 heteroatoms. The standard InChI is InChI=1S/C7H10N/c1-6-4-3-5-8-7(6)2/h4-5H,3H2,1-2H3/q+1. The molecule has 0 N–H and O–H groups in total. The van der Waals surface area contributed by atoms with E-state index >= 15 is 0 Å². The van der Waals surface area contributed by atoms with Crippen molar-refractivity contribution in [3.05, 3.63) is 11.6 Å². The van der Waals surface area contributed by atoms with Gasteiger partial charge >= 0.3 is 5.71 Å². The van der Waals surface area contributed by atoms with Crippen LogP contribution < -0.4 is 4.67 Å². The lowest BCUT2D eigenvalue weighted by atomic mass is 10.1. The van der Waals surface area contributed by atoms with E-state index in [1.54, 1.807) is 0 Å². The summed E-state index contributed by atoms with van der Waals surface area (Å²) < 4.78 is 4.13. The van der Waals surface area contributed by atoms with Crippen LogP contribution in [0.2, 0.25) is 0 Å². The molecule has 0 spiro atoms. The van der Waals surface area contributed by atoms with Gasteiger partial charge < -0.3 is 0 Å². The third-order valence-corrected chi connectivity index (χ3v) is 1.39. The maximum atomic E-state index is 4.13. The Morgan fingerprint density at radius 3 is 2.62 bits per heavy atom. The van der Waals surface area contributed by atoms with Crippen molar-refractivity contribution in [3.8, 4) is 0 Å². The molecule has 0 saturated carbocycles. The highest BCUT2D eigenvalue weighted by Gasteiger charge is 2.05. The number of allylic oxidation sites excluding steroid dienone is 2. The van der Waals surface area contributed by atoms with E-state index in [0.29, 0.717) is 0 Å². The van der Waals surface area contributed by atoms with Crippen LogP contribution in [0.3, 0.4) is 0 Å². The van der Waals surface area contributed by atoms with E-state index in [2.05, 4.69) is 17.7 Å². The largest absolute Gasteiger partial charge is 0.302 e. The van der Waals surface area contributed by atoms with Gasteiger partial charge in [-0.1, -0.05) is 6.08 Å². The van der Waals surface area contributed by atoms with Crippen molar-refractivity contribution < 1.29 is 0 Å². The molecule has 1 aliphatic heterocycles. The Bertz CT molecular complexity index is 181. The fourth-order valence-electron chi connectivity index (χ4n) is 0.669. The summed E-state index contributed by atoms with van der Waals surface area (Å²) in [4.78, 5) is 0. The summed E-state index contributed by atoms with van der Waals surface area (Å²) in [7, 11) is 0. The van der Waals surface area contributed by atoms with Gasteiger partial charge in [0.2, 0.25) is 0 Å². The molecular weight excluding hydrogens is 98.1 g/mol.